The minimum absolute atomic E-state index is 0.107. The summed E-state index contributed by atoms with van der Waals surface area (Å²) >= 11 is 1.61. The predicted octanol–water partition coefficient (Wildman–Crippen LogP) is 4.38. The summed E-state index contributed by atoms with van der Waals surface area (Å²) in [5.41, 5.74) is -0.583. The van der Waals surface area contributed by atoms with E-state index in [9.17, 15) is 18.0 Å². The van der Waals surface area contributed by atoms with Crippen molar-refractivity contribution in [3.63, 3.8) is 0 Å². The Morgan fingerprint density at radius 3 is 2.66 bits per heavy atom. The van der Waals surface area contributed by atoms with Gasteiger partial charge in [0.15, 0.2) is 5.82 Å². The molecule has 1 fully saturated rings. The molecule has 1 saturated heterocycles. The molecule has 2 aliphatic heterocycles. The van der Waals surface area contributed by atoms with Crippen molar-refractivity contribution in [3.8, 4) is 0 Å². The van der Waals surface area contributed by atoms with Crippen molar-refractivity contribution in [1.82, 2.24) is 30.0 Å². The second-order valence-electron chi connectivity index (χ2n) is 10.6. The van der Waals surface area contributed by atoms with Gasteiger partial charge in [0.2, 0.25) is 11.8 Å². The number of alkyl carbamates (subject to hydrolysis) is 1. The molecule has 3 aromatic rings. The largest absolute Gasteiger partial charge is 0.451 e. The number of hydrogen-bond acceptors (Lipinski definition) is 9. The quantitative estimate of drug-likeness (QED) is 0.498. The number of thiophene rings is 1. The molecule has 5 heterocycles. The highest BCUT2D eigenvalue weighted by Crippen LogP contribution is 2.36. The van der Waals surface area contributed by atoms with E-state index in [0.29, 0.717) is 37.8 Å². The zero-order valence-electron chi connectivity index (χ0n) is 21.8. The Hall–Kier alpha value is -3.16. The SMILES string of the molecule is CCCc1cc2c(N3CCn4c(nnc4C(F)(F)F)C3)nc(N3CC[C@@H](NC(=O)OC(C)(C)C)C3)nc2s1. The zero-order chi connectivity index (χ0) is 27.2. The van der Waals surface area contributed by atoms with E-state index in [0.717, 1.165) is 27.6 Å². The number of halogens is 3. The Labute approximate surface area is 222 Å². The summed E-state index contributed by atoms with van der Waals surface area (Å²) < 4.78 is 46.5. The number of anilines is 2. The van der Waals surface area contributed by atoms with Gasteiger partial charge < -0.3 is 24.4 Å². The van der Waals surface area contributed by atoms with Crippen LogP contribution < -0.4 is 15.1 Å². The van der Waals surface area contributed by atoms with E-state index in [-0.39, 0.29) is 25.0 Å². The van der Waals surface area contributed by atoms with E-state index in [4.69, 9.17) is 14.7 Å². The molecule has 1 atom stereocenters. The topological polar surface area (TPSA) is 101 Å². The summed E-state index contributed by atoms with van der Waals surface area (Å²) in [5.74, 6) is 0.495. The molecule has 5 rings (SSSR count). The van der Waals surface area contributed by atoms with Crippen LogP contribution in [0.4, 0.5) is 29.7 Å². The second kappa shape index (κ2) is 9.86. The van der Waals surface area contributed by atoms with Gasteiger partial charge in [0.05, 0.1) is 18.0 Å². The molecular weight excluding hydrogens is 521 g/mol. The molecule has 0 unspecified atom stereocenters. The zero-order valence-corrected chi connectivity index (χ0v) is 22.6. The number of nitrogens with zero attached hydrogens (tertiary/aromatic N) is 7. The number of rotatable bonds is 5. The number of carbonyl (C=O) groups is 1. The fourth-order valence-corrected chi connectivity index (χ4v) is 5.90. The number of fused-ring (bicyclic) bond motifs is 2. The maximum atomic E-state index is 13.3. The molecule has 0 spiro atoms. The summed E-state index contributed by atoms with van der Waals surface area (Å²) in [5, 5.41) is 11.0. The lowest BCUT2D eigenvalue weighted by molar-refractivity contribution is -0.147. The fourth-order valence-electron chi connectivity index (χ4n) is 4.78. The second-order valence-corrected chi connectivity index (χ2v) is 11.7. The van der Waals surface area contributed by atoms with E-state index >= 15 is 0 Å². The van der Waals surface area contributed by atoms with E-state index in [2.05, 4.69) is 28.5 Å². The number of aryl methyl sites for hydroxylation is 1. The van der Waals surface area contributed by atoms with E-state index in [1.807, 2.05) is 30.6 Å². The Morgan fingerprint density at radius 2 is 1.95 bits per heavy atom. The molecule has 0 bridgehead atoms. The van der Waals surface area contributed by atoms with Crippen molar-refractivity contribution in [1.29, 1.82) is 0 Å². The van der Waals surface area contributed by atoms with Gasteiger partial charge in [0.1, 0.15) is 16.2 Å². The molecular formula is C24H31F3N8O2S. The molecule has 14 heteroatoms. The summed E-state index contributed by atoms with van der Waals surface area (Å²) in [6, 6.07) is 1.97. The van der Waals surface area contributed by atoms with Crippen LogP contribution in [0.2, 0.25) is 0 Å². The molecule has 10 nitrogen and oxygen atoms in total. The van der Waals surface area contributed by atoms with Gasteiger partial charge in [-0.3, -0.25) is 0 Å². The monoisotopic (exact) mass is 552 g/mol. The minimum Gasteiger partial charge on any atom is -0.444 e. The number of alkyl halides is 3. The highest BCUT2D eigenvalue weighted by Gasteiger charge is 2.40. The third-order valence-electron chi connectivity index (χ3n) is 6.41. The Kier molecular flexibility index (Phi) is 6.86. The van der Waals surface area contributed by atoms with Gasteiger partial charge in [-0.2, -0.15) is 18.2 Å². The highest BCUT2D eigenvalue weighted by molar-refractivity contribution is 7.18. The van der Waals surface area contributed by atoms with Gasteiger partial charge in [-0.25, -0.2) is 9.78 Å². The molecule has 1 amide bonds. The van der Waals surface area contributed by atoms with Gasteiger partial charge in [-0.1, -0.05) is 13.3 Å². The van der Waals surface area contributed by atoms with Gasteiger partial charge in [-0.05, 0) is 39.7 Å². The van der Waals surface area contributed by atoms with Crippen LogP contribution in [-0.2, 0) is 30.4 Å². The van der Waals surface area contributed by atoms with E-state index < -0.39 is 23.7 Å². The lowest BCUT2D eigenvalue weighted by atomic mass is 10.2. The number of nitrogens with one attached hydrogen (secondary N) is 1. The molecule has 2 aliphatic rings. The number of ether oxygens (including phenoxy) is 1. The van der Waals surface area contributed by atoms with E-state index in [1.165, 1.54) is 4.88 Å². The predicted molar refractivity (Wildman–Crippen MR) is 137 cm³/mol. The summed E-state index contributed by atoms with van der Waals surface area (Å²) in [7, 11) is 0. The standard InChI is InChI=1S/C24H31F3N8O2S/c1-5-6-15-11-16-18(33-9-10-35-17(13-33)31-32-20(35)24(25,26)27)29-21(30-19(16)38-15)34-8-7-14(12-34)28-22(36)37-23(2,3)4/h11,14H,5-10,12-13H2,1-4H3,(H,28,36)/t14-/m1/s1. The first-order chi connectivity index (χ1) is 17.9. The van der Waals surface area contributed by atoms with Crippen molar-refractivity contribution < 1.29 is 22.7 Å². The van der Waals surface area contributed by atoms with Crippen molar-refractivity contribution in [2.45, 2.75) is 77.9 Å². The number of amides is 1. The van der Waals surface area contributed by atoms with Gasteiger partial charge in [0, 0.05) is 31.1 Å². The number of carbonyl (C=O) groups excluding carboxylic acids is 1. The van der Waals surface area contributed by atoms with Crippen LogP contribution in [0.1, 0.15) is 57.1 Å². The van der Waals surface area contributed by atoms with Crippen molar-refractivity contribution in [2.75, 3.05) is 29.4 Å². The fraction of sp³-hybridized carbons (Fsp3) is 0.625. The van der Waals surface area contributed by atoms with Crippen molar-refractivity contribution in [3.05, 3.63) is 22.6 Å². The van der Waals surface area contributed by atoms with Crippen molar-refractivity contribution >= 4 is 39.4 Å². The van der Waals surface area contributed by atoms with Crippen LogP contribution in [0.15, 0.2) is 6.07 Å². The van der Waals surface area contributed by atoms with Crippen molar-refractivity contribution in [2.24, 2.45) is 0 Å². The summed E-state index contributed by atoms with van der Waals surface area (Å²) in [4.78, 5) is 28.0. The Bertz CT molecular complexity index is 1330. The lowest BCUT2D eigenvalue weighted by Crippen LogP contribution is -2.40. The smallest absolute Gasteiger partial charge is 0.444 e. The minimum atomic E-state index is -4.55. The average Bonchev–Trinajstić information content (AvgIpc) is 3.54. The van der Waals surface area contributed by atoms with Gasteiger partial charge in [-0.15, -0.1) is 21.5 Å². The normalized spacial score (nSPS) is 18.2. The average molecular weight is 553 g/mol. The van der Waals surface area contributed by atoms with Crippen LogP contribution in [0.25, 0.3) is 10.2 Å². The summed E-state index contributed by atoms with van der Waals surface area (Å²) in [6.45, 7) is 9.35. The number of hydrogen-bond donors (Lipinski definition) is 1. The van der Waals surface area contributed by atoms with Gasteiger partial charge in [0.25, 0.3) is 0 Å². The first-order valence-electron chi connectivity index (χ1n) is 12.7. The maximum absolute atomic E-state index is 13.3. The van der Waals surface area contributed by atoms with Crippen LogP contribution >= 0.6 is 11.3 Å². The van der Waals surface area contributed by atoms with Crippen LogP contribution in [0.3, 0.4) is 0 Å². The Balaban J connectivity index is 1.42. The maximum Gasteiger partial charge on any atom is 0.451 e. The van der Waals surface area contributed by atoms with Gasteiger partial charge >= 0.3 is 12.3 Å². The van der Waals surface area contributed by atoms with E-state index in [1.54, 1.807) is 11.3 Å². The molecule has 38 heavy (non-hydrogen) atoms. The first kappa shape index (κ1) is 26.4. The molecule has 0 aromatic carbocycles. The lowest BCUT2D eigenvalue weighted by Gasteiger charge is -2.30. The van der Waals surface area contributed by atoms with Crippen LogP contribution in [-0.4, -0.2) is 62.1 Å². The third-order valence-corrected chi connectivity index (χ3v) is 7.50. The van der Waals surface area contributed by atoms with Crippen LogP contribution in [0.5, 0.6) is 0 Å². The summed E-state index contributed by atoms with van der Waals surface area (Å²) in [6.07, 6.45) is -2.40. The third kappa shape index (κ3) is 5.49. The Morgan fingerprint density at radius 1 is 1.16 bits per heavy atom. The molecule has 3 aromatic heterocycles. The number of aromatic nitrogens is 5. The molecule has 1 N–H and O–H groups in total. The molecule has 0 radical (unpaired) electrons. The van der Waals surface area contributed by atoms with Crippen LogP contribution in [0, 0.1) is 0 Å². The highest BCUT2D eigenvalue weighted by atomic mass is 32.1. The molecule has 0 saturated carbocycles. The molecule has 0 aliphatic carbocycles. The molecule has 206 valence electrons. The first-order valence-corrected chi connectivity index (χ1v) is 13.5.